The summed E-state index contributed by atoms with van der Waals surface area (Å²) in [6.07, 6.45) is -1.14. The van der Waals surface area contributed by atoms with Gasteiger partial charge in [0.15, 0.2) is 34.5 Å². The van der Waals surface area contributed by atoms with Crippen LogP contribution < -0.4 is 4.90 Å². The van der Waals surface area contributed by atoms with Crippen molar-refractivity contribution in [3.63, 3.8) is 0 Å². The van der Waals surface area contributed by atoms with Crippen molar-refractivity contribution in [2.24, 2.45) is 5.92 Å². The van der Waals surface area contributed by atoms with E-state index in [-0.39, 0.29) is 11.4 Å². The first-order valence-corrected chi connectivity index (χ1v) is 9.66. The third-order valence-corrected chi connectivity index (χ3v) is 4.91. The molecule has 1 heterocycles. The fourth-order valence-electron chi connectivity index (χ4n) is 3.23. The van der Waals surface area contributed by atoms with Crippen LogP contribution in [0.15, 0.2) is 0 Å². The van der Waals surface area contributed by atoms with E-state index < -0.39 is 82.4 Å². The molecule has 2 unspecified atom stereocenters. The summed E-state index contributed by atoms with van der Waals surface area (Å²) in [5, 5.41) is -0.572. The molecule has 2 rings (SSSR count). The number of carbonyl (C=O) groups excluding carboxylic acids is 3. The normalized spacial score (nSPS) is 17.2. The molecule has 2 atom stereocenters. The average molecular weight is 482 g/mol. The van der Waals surface area contributed by atoms with E-state index in [0.717, 1.165) is 18.7 Å². The highest BCUT2D eigenvalue weighted by Gasteiger charge is 2.48. The number of rotatable bonds is 7. The summed E-state index contributed by atoms with van der Waals surface area (Å²) < 4.78 is 79.5. The Hall–Kier alpha value is -2.83. The van der Waals surface area contributed by atoms with Crippen molar-refractivity contribution in [2.45, 2.75) is 39.8 Å². The average Bonchev–Trinajstić information content (AvgIpc) is 2.93. The van der Waals surface area contributed by atoms with Gasteiger partial charge in [0.1, 0.15) is 18.3 Å². The zero-order valence-electron chi connectivity index (χ0n) is 17.4. The number of esters is 2. The first kappa shape index (κ1) is 25.4. The summed E-state index contributed by atoms with van der Waals surface area (Å²) in [6.45, 7) is 4.54. The summed E-state index contributed by atoms with van der Waals surface area (Å²) in [5.74, 6) is -14.3. The van der Waals surface area contributed by atoms with E-state index in [2.05, 4.69) is 0 Å². The molecule has 1 aliphatic heterocycles. The van der Waals surface area contributed by atoms with Gasteiger partial charge >= 0.3 is 11.9 Å². The summed E-state index contributed by atoms with van der Waals surface area (Å²) in [5.41, 5.74) is -1.51. The van der Waals surface area contributed by atoms with E-state index in [9.17, 15) is 36.3 Å². The molecule has 176 valence electrons. The highest BCUT2D eigenvalue weighted by atomic mass is 32.1. The van der Waals surface area contributed by atoms with Gasteiger partial charge in [-0.15, -0.1) is 0 Å². The number of anilines is 1. The van der Waals surface area contributed by atoms with Crippen LogP contribution in [0.5, 0.6) is 0 Å². The Morgan fingerprint density at radius 2 is 1.47 bits per heavy atom. The Morgan fingerprint density at radius 1 is 0.969 bits per heavy atom. The van der Waals surface area contributed by atoms with Crippen molar-refractivity contribution >= 4 is 40.9 Å². The molecule has 32 heavy (non-hydrogen) atoms. The maximum atomic E-state index is 14.4. The molecule has 7 nitrogen and oxygen atoms in total. The summed E-state index contributed by atoms with van der Waals surface area (Å²) in [6, 6.07) is -1.19. The second-order valence-corrected chi connectivity index (χ2v) is 7.62. The maximum absolute atomic E-state index is 14.4. The number of carbonyl (C=O) groups is 3. The lowest BCUT2D eigenvalue weighted by atomic mass is 10.0. The predicted octanol–water partition coefficient (Wildman–Crippen LogP) is 2.84. The first-order chi connectivity index (χ1) is 14.8. The Kier molecular flexibility index (Phi) is 7.75. The van der Waals surface area contributed by atoms with Crippen molar-refractivity contribution in [3.8, 4) is 0 Å². The van der Waals surface area contributed by atoms with E-state index in [1.807, 2.05) is 0 Å². The number of hydrogen-bond acceptors (Lipinski definition) is 6. The van der Waals surface area contributed by atoms with Crippen molar-refractivity contribution < 1.29 is 45.8 Å². The summed E-state index contributed by atoms with van der Waals surface area (Å²) in [4.78, 5) is 36.9. The first-order valence-electron chi connectivity index (χ1n) is 9.26. The van der Waals surface area contributed by atoms with Crippen molar-refractivity contribution in [1.82, 2.24) is 4.90 Å². The van der Waals surface area contributed by atoms with Gasteiger partial charge < -0.3 is 14.4 Å². The molecule has 0 aromatic heterocycles. The van der Waals surface area contributed by atoms with Crippen LogP contribution in [0.4, 0.5) is 27.6 Å². The lowest BCUT2D eigenvalue weighted by molar-refractivity contribution is -0.157. The minimum Gasteiger partial charge on any atom is -0.462 e. The number of nitrogens with zero attached hydrogens (tertiary/aromatic N) is 2. The van der Waals surface area contributed by atoms with Gasteiger partial charge in [-0.1, -0.05) is 13.8 Å². The van der Waals surface area contributed by atoms with Gasteiger partial charge in [-0.25, -0.2) is 26.9 Å². The zero-order chi connectivity index (χ0) is 24.5. The third kappa shape index (κ3) is 4.81. The van der Waals surface area contributed by atoms with E-state index in [1.54, 1.807) is 13.8 Å². The smallest absolute Gasteiger partial charge is 0.303 e. The number of halogens is 5. The van der Waals surface area contributed by atoms with E-state index in [1.165, 1.54) is 0 Å². The molecule has 0 aliphatic carbocycles. The number of amides is 1. The van der Waals surface area contributed by atoms with Crippen LogP contribution in [-0.4, -0.2) is 53.2 Å². The zero-order valence-corrected chi connectivity index (χ0v) is 18.2. The van der Waals surface area contributed by atoms with Gasteiger partial charge in [0, 0.05) is 13.8 Å². The molecule has 1 amide bonds. The van der Waals surface area contributed by atoms with Crippen LogP contribution >= 0.6 is 12.2 Å². The minimum absolute atomic E-state index is 0.229. The van der Waals surface area contributed by atoms with Gasteiger partial charge in [0.25, 0.3) is 5.91 Å². The molecule has 0 saturated carbocycles. The Labute approximate surface area is 185 Å². The summed E-state index contributed by atoms with van der Waals surface area (Å²) in [7, 11) is 0. The topological polar surface area (TPSA) is 76.2 Å². The van der Waals surface area contributed by atoms with Crippen molar-refractivity contribution in [1.29, 1.82) is 0 Å². The van der Waals surface area contributed by atoms with Gasteiger partial charge in [-0.2, -0.15) is 0 Å². The van der Waals surface area contributed by atoms with Gasteiger partial charge in [0.05, 0.1) is 6.54 Å². The molecule has 0 bridgehead atoms. The van der Waals surface area contributed by atoms with E-state index >= 15 is 0 Å². The SMILES string of the molecule is CC(=O)OCC(CN1C(=S)N(c2c(F)c(F)c(F)c(F)c2F)C(=O)C1C(C)C)OC(C)=O. The standard InChI is InChI=1S/C19H19F5N2O5S/c1-7(2)16-18(29)26(17-14(23)12(21)11(20)13(22)15(17)24)19(32)25(16)5-10(31-9(4)28)6-30-8(3)27/h7,10,16H,5-6H2,1-4H3. The van der Waals surface area contributed by atoms with Gasteiger partial charge in [-0.05, 0) is 18.1 Å². The van der Waals surface area contributed by atoms with Crippen LogP contribution in [0.3, 0.4) is 0 Å². The third-order valence-electron chi connectivity index (χ3n) is 4.49. The number of thiocarbonyl (C=S) groups is 1. The van der Waals surface area contributed by atoms with Crippen LogP contribution in [0.25, 0.3) is 0 Å². The van der Waals surface area contributed by atoms with E-state index in [0.29, 0.717) is 0 Å². The highest BCUT2D eigenvalue weighted by molar-refractivity contribution is 7.80. The molecule has 13 heteroatoms. The maximum Gasteiger partial charge on any atom is 0.303 e. The lowest BCUT2D eigenvalue weighted by Crippen LogP contribution is -2.45. The number of ether oxygens (including phenoxy) is 2. The second-order valence-electron chi connectivity index (χ2n) is 7.25. The molecule has 1 aromatic rings. The summed E-state index contributed by atoms with van der Waals surface area (Å²) >= 11 is 5.13. The molecule has 1 aliphatic rings. The molecule has 1 aromatic carbocycles. The number of hydrogen-bond donors (Lipinski definition) is 0. The van der Waals surface area contributed by atoms with Crippen LogP contribution in [0.2, 0.25) is 0 Å². The van der Waals surface area contributed by atoms with Crippen LogP contribution in [-0.2, 0) is 23.9 Å². The highest BCUT2D eigenvalue weighted by Crippen LogP contribution is 2.36. The largest absolute Gasteiger partial charge is 0.462 e. The fourth-order valence-corrected chi connectivity index (χ4v) is 3.60. The number of benzene rings is 1. The van der Waals surface area contributed by atoms with Gasteiger partial charge in [-0.3, -0.25) is 14.4 Å². The molecule has 1 fully saturated rings. The monoisotopic (exact) mass is 482 g/mol. The molecule has 1 saturated heterocycles. The molecular weight excluding hydrogens is 463 g/mol. The van der Waals surface area contributed by atoms with Crippen LogP contribution in [0.1, 0.15) is 27.7 Å². The lowest BCUT2D eigenvalue weighted by Gasteiger charge is -2.29. The van der Waals surface area contributed by atoms with E-state index in [4.69, 9.17) is 21.7 Å². The quantitative estimate of drug-likeness (QED) is 0.195. The Bertz CT molecular complexity index is 945. The van der Waals surface area contributed by atoms with Crippen molar-refractivity contribution in [2.75, 3.05) is 18.1 Å². The molecule has 0 spiro atoms. The second kappa shape index (κ2) is 9.76. The molecule has 0 radical (unpaired) electrons. The van der Waals surface area contributed by atoms with Crippen molar-refractivity contribution in [3.05, 3.63) is 29.1 Å². The van der Waals surface area contributed by atoms with Crippen LogP contribution in [0, 0.1) is 35.0 Å². The minimum atomic E-state index is -2.38. The molecular formula is C19H19F5N2O5S. The predicted molar refractivity (Wildman–Crippen MR) is 104 cm³/mol. The Morgan fingerprint density at radius 3 is 1.91 bits per heavy atom. The van der Waals surface area contributed by atoms with Gasteiger partial charge in [0.2, 0.25) is 5.82 Å². The Balaban J connectivity index is 2.51. The fraction of sp³-hybridized carbons (Fsp3) is 0.474. The molecule has 0 N–H and O–H groups in total.